The topological polar surface area (TPSA) is 89.6 Å². The number of hydrogen-bond donors (Lipinski definition) is 2. The van der Waals surface area contributed by atoms with Crippen molar-refractivity contribution in [1.82, 2.24) is 4.98 Å². The first-order valence-corrected chi connectivity index (χ1v) is 8.38. The van der Waals surface area contributed by atoms with Crippen molar-refractivity contribution < 1.29 is 9.53 Å². The van der Waals surface area contributed by atoms with Crippen LogP contribution in [0.3, 0.4) is 0 Å². The number of pyridine rings is 1. The number of nitrogens with zero attached hydrogens (tertiary/aromatic N) is 2. The van der Waals surface area contributed by atoms with Gasteiger partial charge in [-0.25, -0.2) is 4.99 Å². The van der Waals surface area contributed by atoms with Gasteiger partial charge >= 0.3 is 0 Å². The molecule has 4 rings (SSSR count). The predicted molar refractivity (Wildman–Crippen MR) is 103 cm³/mol. The van der Waals surface area contributed by atoms with Gasteiger partial charge in [-0.15, -0.1) is 0 Å². The second-order valence-electron chi connectivity index (χ2n) is 6.20. The molecule has 0 fully saturated rings. The molecular formula is C20H18N4O2. The summed E-state index contributed by atoms with van der Waals surface area (Å²) in [5.74, 6) is 0.251. The third kappa shape index (κ3) is 2.86. The molecule has 0 unspecified atom stereocenters. The highest BCUT2D eigenvalue weighted by atomic mass is 16.5. The Morgan fingerprint density at radius 3 is 2.77 bits per heavy atom. The number of aliphatic imine (C=N–C) groups is 1. The van der Waals surface area contributed by atoms with Gasteiger partial charge in [0.1, 0.15) is 6.61 Å². The van der Waals surface area contributed by atoms with E-state index in [1.807, 2.05) is 55.5 Å². The molecule has 3 N–H and O–H groups in total. The fraction of sp³-hybridized carbons (Fsp3) is 0.150. The number of nitrogen functional groups attached to an aromatic ring is 1. The molecule has 2 heterocycles. The number of carbonyl (C=O) groups is 1. The minimum absolute atomic E-state index is 0.105. The lowest BCUT2D eigenvalue weighted by Gasteiger charge is -2.13. The first-order chi connectivity index (χ1) is 12.6. The summed E-state index contributed by atoms with van der Waals surface area (Å²) < 4.78 is 5.64. The third-order valence-electron chi connectivity index (χ3n) is 4.24. The molecule has 0 saturated heterocycles. The molecule has 1 aromatic heterocycles. The van der Waals surface area contributed by atoms with E-state index in [1.54, 1.807) is 0 Å². The standard InChI is InChI=1S/C20H18N4O2/c1-12-11-26-20(23-12)14-7-3-5-9-17(14)24-19(25)18-13-6-2-4-8-16(13)22-10-15(18)21/h2-10,12H,11,21H2,1H3,(H,24,25)/t12-/m0/s1. The molecule has 0 saturated carbocycles. The van der Waals surface area contributed by atoms with Gasteiger partial charge in [-0.3, -0.25) is 9.78 Å². The lowest BCUT2D eigenvalue weighted by atomic mass is 10.1. The molecule has 0 spiro atoms. The number of ether oxygens (including phenoxy) is 1. The minimum atomic E-state index is -0.291. The summed E-state index contributed by atoms with van der Waals surface area (Å²) in [5.41, 5.74) is 8.90. The van der Waals surface area contributed by atoms with E-state index < -0.39 is 0 Å². The van der Waals surface area contributed by atoms with Gasteiger partial charge in [-0.1, -0.05) is 30.3 Å². The molecule has 26 heavy (non-hydrogen) atoms. The number of nitrogens with one attached hydrogen (secondary N) is 1. The molecule has 3 aromatic rings. The van der Waals surface area contributed by atoms with E-state index in [1.165, 1.54) is 6.20 Å². The highest BCUT2D eigenvalue weighted by Crippen LogP contribution is 2.25. The predicted octanol–water partition coefficient (Wildman–Crippen LogP) is 3.23. The van der Waals surface area contributed by atoms with Gasteiger partial charge in [0.05, 0.1) is 40.3 Å². The van der Waals surface area contributed by atoms with Gasteiger partial charge in [0.2, 0.25) is 5.90 Å². The number of nitrogens with two attached hydrogens (primary N) is 1. The van der Waals surface area contributed by atoms with Crippen LogP contribution in [0.1, 0.15) is 22.8 Å². The van der Waals surface area contributed by atoms with Crippen molar-refractivity contribution in [2.24, 2.45) is 4.99 Å². The smallest absolute Gasteiger partial charge is 0.258 e. The Bertz CT molecular complexity index is 1030. The summed E-state index contributed by atoms with van der Waals surface area (Å²) >= 11 is 0. The first kappa shape index (κ1) is 16.1. The van der Waals surface area contributed by atoms with Gasteiger partial charge < -0.3 is 15.8 Å². The molecule has 2 aromatic carbocycles. The van der Waals surface area contributed by atoms with Crippen molar-refractivity contribution in [3.63, 3.8) is 0 Å². The van der Waals surface area contributed by atoms with Crippen LogP contribution in [0.2, 0.25) is 0 Å². The maximum Gasteiger partial charge on any atom is 0.258 e. The monoisotopic (exact) mass is 346 g/mol. The third-order valence-corrected chi connectivity index (χ3v) is 4.24. The lowest BCUT2D eigenvalue weighted by molar-refractivity contribution is 0.102. The summed E-state index contributed by atoms with van der Waals surface area (Å²) in [6, 6.07) is 15.0. The van der Waals surface area contributed by atoms with Crippen LogP contribution in [0.5, 0.6) is 0 Å². The van der Waals surface area contributed by atoms with Crippen LogP contribution < -0.4 is 11.1 Å². The van der Waals surface area contributed by atoms with E-state index in [9.17, 15) is 4.79 Å². The molecule has 130 valence electrons. The van der Waals surface area contributed by atoms with E-state index in [0.717, 1.165) is 11.1 Å². The maximum absolute atomic E-state index is 13.0. The zero-order valence-electron chi connectivity index (χ0n) is 14.3. The van der Waals surface area contributed by atoms with E-state index in [0.29, 0.717) is 34.8 Å². The first-order valence-electron chi connectivity index (χ1n) is 8.38. The van der Waals surface area contributed by atoms with Crippen molar-refractivity contribution in [2.75, 3.05) is 17.7 Å². The molecule has 0 aliphatic carbocycles. The Labute approximate surface area is 150 Å². The van der Waals surface area contributed by atoms with E-state index >= 15 is 0 Å². The van der Waals surface area contributed by atoms with Gasteiger partial charge in [0.25, 0.3) is 5.91 Å². The van der Waals surface area contributed by atoms with Crippen LogP contribution in [0.25, 0.3) is 10.9 Å². The van der Waals surface area contributed by atoms with Crippen molar-refractivity contribution in [2.45, 2.75) is 13.0 Å². The Morgan fingerprint density at radius 2 is 1.96 bits per heavy atom. The zero-order chi connectivity index (χ0) is 18.1. The number of rotatable bonds is 3. The number of para-hydroxylation sites is 2. The number of aromatic nitrogens is 1. The maximum atomic E-state index is 13.0. The van der Waals surface area contributed by atoms with Gasteiger partial charge in [0, 0.05) is 5.39 Å². The van der Waals surface area contributed by atoms with Crippen LogP contribution in [0.4, 0.5) is 11.4 Å². The second-order valence-corrected chi connectivity index (χ2v) is 6.20. The molecule has 0 bridgehead atoms. The summed E-state index contributed by atoms with van der Waals surface area (Å²) in [5, 5.41) is 3.66. The van der Waals surface area contributed by atoms with Crippen molar-refractivity contribution in [3.8, 4) is 0 Å². The highest BCUT2D eigenvalue weighted by molar-refractivity contribution is 6.17. The number of amides is 1. The Morgan fingerprint density at radius 1 is 1.19 bits per heavy atom. The molecule has 6 nitrogen and oxygen atoms in total. The number of fused-ring (bicyclic) bond motifs is 1. The van der Waals surface area contributed by atoms with Crippen molar-refractivity contribution >= 4 is 34.1 Å². The van der Waals surface area contributed by atoms with E-state index in [4.69, 9.17) is 10.5 Å². The molecule has 1 aliphatic rings. The fourth-order valence-electron chi connectivity index (χ4n) is 3.00. The number of anilines is 2. The quantitative estimate of drug-likeness (QED) is 0.762. The van der Waals surface area contributed by atoms with Crippen LogP contribution in [-0.2, 0) is 4.74 Å². The van der Waals surface area contributed by atoms with E-state index in [-0.39, 0.29) is 11.9 Å². The van der Waals surface area contributed by atoms with Crippen LogP contribution in [0.15, 0.2) is 59.7 Å². The van der Waals surface area contributed by atoms with Gasteiger partial charge in [-0.05, 0) is 25.1 Å². The molecule has 1 amide bonds. The Kier molecular flexibility index (Phi) is 4.01. The molecule has 1 aliphatic heterocycles. The average molecular weight is 346 g/mol. The van der Waals surface area contributed by atoms with Crippen LogP contribution in [0, 0.1) is 0 Å². The highest BCUT2D eigenvalue weighted by Gasteiger charge is 2.21. The van der Waals surface area contributed by atoms with Gasteiger partial charge in [-0.2, -0.15) is 0 Å². The molecule has 1 atom stereocenters. The van der Waals surface area contributed by atoms with Crippen LogP contribution >= 0.6 is 0 Å². The average Bonchev–Trinajstić information content (AvgIpc) is 3.08. The largest absolute Gasteiger partial charge is 0.475 e. The SMILES string of the molecule is C[C@H]1COC(c2ccccc2NC(=O)c2c(N)cnc3ccccc23)=N1. The molecule has 0 radical (unpaired) electrons. The Balaban J connectivity index is 1.73. The number of benzene rings is 2. The second kappa shape index (κ2) is 6.48. The minimum Gasteiger partial charge on any atom is -0.475 e. The summed E-state index contributed by atoms with van der Waals surface area (Å²) in [4.78, 5) is 21.7. The number of carbonyl (C=O) groups excluding carboxylic acids is 1. The van der Waals surface area contributed by atoms with Crippen molar-refractivity contribution in [3.05, 3.63) is 65.9 Å². The normalized spacial score (nSPS) is 16.2. The zero-order valence-corrected chi connectivity index (χ0v) is 14.3. The summed E-state index contributed by atoms with van der Waals surface area (Å²) in [7, 11) is 0. The van der Waals surface area contributed by atoms with Crippen molar-refractivity contribution in [1.29, 1.82) is 0 Å². The molecule has 6 heteroatoms. The molecular weight excluding hydrogens is 328 g/mol. The fourth-order valence-corrected chi connectivity index (χ4v) is 3.00. The van der Waals surface area contributed by atoms with Gasteiger partial charge in [0.15, 0.2) is 0 Å². The summed E-state index contributed by atoms with van der Waals surface area (Å²) in [6.07, 6.45) is 1.51. The van der Waals surface area contributed by atoms with E-state index in [2.05, 4.69) is 15.3 Å². The van der Waals surface area contributed by atoms with Crippen LogP contribution in [-0.4, -0.2) is 29.4 Å². The lowest BCUT2D eigenvalue weighted by Crippen LogP contribution is -2.17. The Hall–Kier alpha value is -3.41. The summed E-state index contributed by atoms with van der Waals surface area (Å²) in [6.45, 7) is 2.53. The number of hydrogen-bond acceptors (Lipinski definition) is 5.